The van der Waals surface area contributed by atoms with Crippen LogP contribution in [0.1, 0.15) is 15.9 Å². The zero-order valence-corrected chi connectivity index (χ0v) is 11.1. The van der Waals surface area contributed by atoms with E-state index in [9.17, 15) is 4.79 Å². The molecule has 3 nitrogen and oxygen atoms in total. The quantitative estimate of drug-likeness (QED) is 0.770. The summed E-state index contributed by atoms with van der Waals surface area (Å²) in [6.07, 6.45) is 0. The second kappa shape index (κ2) is 6.05. The van der Waals surface area contributed by atoms with Gasteiger partial charge in [0.2, 0.25) is 5.78 Å². The van der Waals surface area contributed by atoms with E-state index in [2.05, 4.69) is 0 Å². The average molecular weight is 256 g/mol. The highest BCUT2D eigenvalue weighted by atomic mass is 16.5. The Morgan fingerprint density at radius 3 is 2.42 bits per heavy atom. The van der Waals surface area contributed by atoms with Crippen LogP contribution in [-0.2, 0) is 0 Å². The zero-order chi connectivity index (χ0) is 13.7. The van der Waals surface area contributed by atoms with Crippen molar-refractivity contribution >= 4 is 5.78 Å². The summed E-state index contributed by atoms with van der Waals surface area (Å²) in [5.74, 6) is 1.16. The van der Waals surface area contributed by atoms with Gasteiger partial charge in [-0.25, -0.2) is 0 Å². The molecular weight excluding hydrogens is 240 g/mol. The molecule has 0 aliphatic carbocycles. The SMILES string of the molecule is COc1ccccc1C(=O)COc1ccc(C)cc1. The van der Waals surface area contributed by atoms with Crippen LogP contribution in [0.4, 0.5) is 0 Å². The van der Waals surface area contributed by atoms with Gasteiger partial charge in [0, 0.05) is 0 Å². The van der Waals surface area contributed by atoms with E-state index in [0.717, 1.165) is 5.56 Å². The number of benzene rings is 2. The molecule has 0 fully saturated rings. The van der Waals surface area contributed by atoms with Crippen molar-refractivity contribution in [3.63, 3.8) is 0 Å². The van der Waals surface area contributed by atoms with Gasteiger partial charge in [-0.3, -0.25) is 4.79 Å². The molecule has 98 valence electrons. The van der Waals surface area contributed by atoms with Crippen molar-refractivity contribution in [1.82, 2.24) is 0 Å². The Hall–Kier alpha value is -2.29. The van der Waals surface area contributed by atoms with Gasteiger partial charge in [0.1, 0.15) is 11.5 Å². The Balaban J connectivity index is 2.03. The van der Waals surface area contributed by atoms with Gasteiger partial charge in [0.25, 0.3) is 0 Å². The van der Waals surface area contributed by atoms with Crippen LogP contribution in [0.15, 0.2) is 48.5 Å². The molecule has 0 atom stereocenters. The highest BCUT2D eigenvalue weighted by Crippen LogP contribution is 2.18. The number of ether oxygens (including phenoxy) is 2. The van der Waals surface area contributed by atoms with Gasteiger partial charge < -0.3 is 9.47 Å². The summed E-state index contributed by atoms with van der Waals surface area (Å²) in [7, 11) is 1.55. The molecule has 0 radical (unpaired) electrons. The highest BCUT2D eigenvalue weighted by Gasteiger charge is 2.11. The number of Topliss-reactive ketones (excluding diaryl/α,β-unsaturated/α-hetero) is 1. The molecule has 0 aliphatic rings. The average Bonchev–Trinajstić information content (AvgIpc) is 2.46. The fourth-order valence-corrected chi connectivity index (χ4v) is 1.74. The minimum Gasteiger partial charge on any atom is -0.496 e. The maximum atomic E-state index is 12.1. The molecule has 0 bridgehead atoms. The molecule has 0 aromatic heterocycles. The van der Waals surface area contributed by atoms with E-state index in [1.165, 1.54) is 0 Å². The van der Waals surface area contributed by atoms with Gasteiger partial charge in [-0.05, 0) is 31.2 Å². The van der Waals surface area contributed by atoms with E-state index in [-0.39, 0.29) is 12.4 Å². The zero-order valence-electron chi connectivity index (χ0n) is 11.1. The van der Waals surface area contributed by atoms with Crippen LogP contribution in [0.5, 0.6) is 11.5 Å². The molecule has 2 rings (SSSR count). The number of rotatable bonds is 5. The molecule has 0 heterocycles. The van der Waals surface area contributed by atoms with E-state index in [1.54, 1.807) is 19.2 Å². The molecule has 0 unspecified atom stereocenters. The largest absolute Gasteiger partial charge is 0.496 e. The minimum atomic E-state index is -0.0991. The van der Waals surface area contributed by atoms with E-state index in [0.29, 0.717) is 17.1 Å². The molecule has 2 aromatic rings. The summed E-state index contributed by atoms with van der Waals surface area (Å²) in [4.78, 5) is 12.1. The van der Waals surface area contributed by atoms with E-state index >= 15 is 0 Å². The number of hydrogen-bond acceptors (Lipinski definition) is 3. The lowest BCUT2D eigenvalue weighted by molar-refractivity contribution is 0.0918. The molecule has 0 N–H and O–H groups in total. The maximum Gasteiger partial charge on any atom is 0.203 e. The lowest BCUT2D eigenvalue weighted by atomic mass is 10.1. The van der Waals surface area contributed by atoms with Crippen LogP contribution in [0.25, 0.3) is 0 Å². The number of ketones is 1. The van der Waals surface area contributed by atoms with E-state index in [4.69, 9.17) is 9.47 Å². The molecule has 0 spiro atoms. The Morgan fingerprint density at radius 1 is 1.05 bits per heavy atom. The first-order chi connectivity index (χ1) is 9.20. The van der Waals surface area contributed by atoms with Gasteiger partial charge in [0.05, 0.1) is 12.7 Å². The van der Waals surface area contributed by atoms with Crippen molar-refractivity contribution in [2.75, 3.05) is 13.7 Å². The van der Waals surface area contributed by atoms with Crippen molar-refractivity contribution in [1.29, 1.82) is 0 Å². The number of carbonyl (C=O) groups is 1. The number of carbonyl (C=O) groups excluding carboxylic acids is 1. The van der Waals surface area contributed by atoms with Crippen molar-refractivity contribution in [3.8, 4) is 11.5 Å². The van der Waals surface area contributed by atoms with Gasteiger partial charge in [-0.15, -0.1) is 0 Å². The fourth-order valence-electron chi connectivity index (χ4n) is 1.74. The number of methoxy groups -OCH3 is 1. The topological polar surface area (TPSA) is 35.5 Å². The van der Waals surface area contributed by atoms with Crippen LogP contribution in [0, 0.1) is 6.92 Å². The molecular formula is C16H16O3. The lowest BCUT2D eigenvalue weighted by Gasteiger charge is -2.08. The third-order valence-electron chi connectivity index (χ3n) is 2.80. The third-order valence-corrected chi connectivity index (χ3v) is 2.80. The first-order valence-electron chi connectivity index (χ1n) is 6.06. The third kappa shape index (κ3) is 3.35. The summed E-state index contributed by atoms with van der Waals surface area (Å²) in [5, 5.41) is 0. The smallest absolute Gasteiger partial charge is 0.203 e. The predicted octanol–water partition coefficient (Wildman–Crippen LogP) is 3.27. The van der Waals surface area contributed by atoms with Crippen molar-refractivity contribution in [2.24, 2.45) is 0 Å². The number of aryl methyl sites for hydroxylation is 1. The number of hydrogen-bond donors (Lipinski definition) is 0. The highest BCUT2D eigenvalue weighted by molar-refractivity contribution is 5.99. The summed E-state index contributed by atoms with van der Waals surface area (Å²) < 4.78 is 10.6. The van der Waals surface area contributed by atoms with Crippen LogP contribution in [0.2, 0.25) is 0 Å². The summed E-state index contributed by atoms with van der Waals surface area (Å²) >= 11 is 0. The Kier molecular flexibility index (Phi) is 4.18. The first kappa shape index (κ1) is 13.1. The summed E-state index contributed by atoms with van der Waals surface area (Å²) in [5.41, 5.74) is 1.69. The van der Waals surface area contributed by atoms with Crippen molar-refractivity contribution in [3.05, 3.63) is 59.7 Å². The second-order valence-electron chi connectivity index (χ2n) is 4.23. The fraction of sp³-hybridized carbons (Fsp3) is 0.188. The van der Waals surface area contributed by atoms with Gasteiger partial charge >= 0.3 is 0 Å². The molecule has 3 heteroatoms. The van der Waals surface area contributed by atoms with Crippen LogP contribution >= 0.6 is 0 Å². The van der Waals surface area contributed by atoms with Gasteiger partial charge in [-0.2, -0.15) is 0 Å². The van der Waals surface area contributed by atoms with Crippen molar-refractivity contribution < 1.29 is 14.3 Å². The Labute approximate surface area is 112 Å². The normalized spacial score (nSPS) is 10.0. The Morgan fingerprint density at radius 2 is 1.74 bits per heavy atom. The molecule has 0 saturated heterocycles. The molecule has 0 aliphatic heterocycles. The van der Waals surface area contributed by atoms with Gasteiger partial charge in [-0.1, -0.05) is 29.8 Å². The second-order valence-corrected chi connectivity index (χ2v) is 4.23. The molecule has 19 heavy (non-hydrogen) atoms. The first-order valence-corrected chi connectivity index (χ1v) is 6.06. The van der Waals surface area contributed by atoms with E-state index in [1.807, 2.05) is 43.3 Å². The maximum absolute atomic E-state index is 12.1. The molecule has 0 amide bonds. The van der Waals surface area contributed by atoms with Crippen molar-refractivity contribution in [2.45, 2.75) is 6.92 Å². The monoisotopic (exact) mass is 256 g/mol. The Bertz CT molecular complexity index is 558. The summed E-state index contributed by atoms with van der Waals surface area (Å²) in [6, 6.07) is 14.7. The summed E-state index contributed by atoms with van der Waals surface area (Å²) in [6.45, 7) is 2.01. The van der Waals surface area contributed by atoms with Crippen LogP contribution in [-0.4, -0.2) is 19.5 Å². The lowest BCUT2D eigenvalue weighted by Crippen LogP contribution is -2.12. The number of para-hydroxylation sites is 1. The van der Waals surface area contributed by atoms with Crippen LogP contribution < -0.4 is 9.47 Å². The molecule has 0 saturated carbocycles. The standard InChI is InChI=1S/C16H16O3/c1-12-7-9-13(10-8-12)19-11-15(17)14-5-3-4-6-16(14)18-2/h3-10H,11H2,1-2H3. The van der Waals surface area contributed by atoms with E-state index < -0.39 is 0 Å². The van der Waals surface area contributed by atoms with Crippen LogP contribution in [0.3, 0.4) is 0 Å². The molecule has 2 aromatic carbocycles. The predicted molar refractivity (Wildman–Crippen MR) is 74.0 cm³/mol. The minimum absolute atomic E-state index is 0.00341. The van der Waals surface area contributed by atoms with Gasteiger partial charge in [0.15, 0.2) is 6.61 Å².